The van der Waals surface area contributed by atoms with Crippen LogP contribution in [0.4, 0.5) is 0 Å². The first kappa shape index (κ1) is 25.9. The molecule has 202 valence electrons. The standard InChI is InChI=1S/C35H27Cl2N3O/c1-21-9-6-12-23(17-21)33-38-32(22-10-4-3-5-11-22)39-34(40-33)24-13-7-14-25(18-24)35(2)16-8-15-29-30(35)27-19-26(36)20-28(37)31(27)41-29/h3-16,18-21,30H,17H2,1-2H3. The van der Waals surface area contributed by atoms with Crippen molar-refractivity contribution in [3.05, 3.63) is 136 Å². The Kier molecular flexibility index (Phi) is 6.41. The highest BCUT2D eigenvalue weighted by molar-refractivity contribution is 6.35. The SMILES string of the molecule is CC1C=CC=C(c2nc(-c3ccccc3)nc(-c3cccc(C4(C)C=CC=C5Oc6c(Cl)cc(Cl)cc6C54)c3)n2)C1. The highest BCUT2D eigenvalue weighted by Crippen LogP contribution is 2.56. The third-order valence-corrected chi connectivity index (χ3v) is 8.63. The molecule has 2 heterocycles. The van der Waals surface area contributed by atoms with Crippen molar-refractivity contribution < 1.29 is 4.74 Å². The number of ether oxygens (including phenoxy) is 1. The van der Waals surface area contributed by atoms with Gasteiger partial charge in [0.1, 0.15) is 11.5 Å². The Hall–Kier alpha value is -3.99. The van der Waals surface area contributed by atoms with E-state index in [2.05, 4.69) is 68.5 Å². The van der Waals surface area contributed by atoms with Crippen LogP contribution in [0.25, 0.3) is 28.3 Å². The van der Waals surface area contributed by atoms with Crippen molar-refractivity contribution in [2.24, 2.45) is 5.92 Å². The van der Waals surface area contributed by atoms with E-state index in [9.17, 15) is 0 Å². The summed E-state index contributed by atoms with van der Waals surface area (Å²) < 4.78 is 6.26. The number of hydrogen-bond acceptors (Lipinski definition) is 4. The van der Waals surface area contributed by atoms with Crippen molar-refractivity contribution >= 4 is 28.8 Å². The summed E-state index contributed by atoms with van der Waals surface area (Å²) in [5, 5.41) is 1.11. The molecule has 0 N–H and O–H groups in total. The molecule has 3 aliphatic rings. The fraction of sp³-hybridized carbons (Fsp3) is 0.171. The lowest BCUT2D eigenvalue weighted by atomic mass is 9.66. The van der Waals surface area contributed by atoms with Gasteiger partial charge in [-0.25, -0.2) is 15.0 Å². The molecule has 1 aliphatic heterocycles. The predicted octanol–water partition coefficient (Wildman–Crippen LogP) is 9.38. The van der Waals surface area contributed by atoms with Gasteiger partial charge in [0.05, 0.1) is 10.9 Å². The number of nitrogens with zero attached hydrogens (tertiary/aromatic N) is 3. The molecule has 7 rings (SSSR count). The van der Waals surface area contributed by atoms with Crippen LogP contribution in [0.5, 0.6) is 5.75 Å². The lowest BCUT2D eigenvalue weighted by Crippen LogP contribution is -2.30. The van der Waals surface area contributed by atoms with Crippen LogP contribution in [0.3, 0.4) is 0 Å². The van der Waals surface area contributed by atoms with Crippen molar-refractivity contribution in [2.45, 2.75) is 31.6 Å². The molecule has 6 heteroatoms. The Balaban J connectivity index is 1.35. The third-order valence-electron chi connectivity index (χ3n) is 8.13. The van der Waals surface area contributed by atoms with E-state index in [0.29, 0.717) is 39.2 Å². The molecule has 0 radical (unpaired) electrons. The molecular formula is C35H27Cl2N3O. The fourth-order valence-corrected chi connectivity index (χ4v) is 6.60. The van der Waals surface area contributed by atoms with Crippen LogP contribution >= 0.6 is 23.2 Å². The van der Waals surface area contributed by atoms with E-state index >= 15 is 0 Å². The maximum atomic E-state index is 6.55. The van der Waals surface area contributed by atoms with Gasteiger partial charge in [0.15, 0.2) is 17.5 Å². The topological polar surface area (TPSA) is 47.9 Å². The first-order chi connectivity index (χ1) is 19.9. The van der Waals surface area contributed by atoms with E-state index in [1.165, 1.54) is 0 Å². The fourth-order valence-electron chi connectivity index (χ4n) is 6.05. The van der Waals surface area contributed by atoms with Gasteiger partial charge in [0.2, 0.25) is 0 Å². The van der Waals surface area contributed by atoms with Crippen LogP contribution in [-0.2, 0) is 5.41 Å². The summed E-state index contributed by atoms with van der Waals surface area (Å²) in [6.07, 6.45) is 13.6. The van der Waals surface area contributed by atoms with Crippen LogP contribution < -0.4 is 4.74 Å². The maximum Gasteiger partial charge on any atom is 0.164 e. The van der Waals surface area contributed by atoms with Gasteiger partial charge < -0.3 is 4.74 Å². The van der Waals surface area contributed by atoms with Gasteiger partial charge in [-0.05, 0) is 47.8 Å². The number of benzene rings is 3. The van der Waals surface area contributed by atoms with Crippen molar-refractivity contribution in [1.82, 2.24) is 15.0 Å². The smallest absolute Gasteiger partial charge is 0.164 e. The van der Waals surface area contributed by atoms with Gasteiger partial charge in [-0.3, -0.25) is 0 Å². The summed E-state index contributed by atoms with van der Waals surface area (Å²) in [6.45, 7) is 4.43. The van der Waals surface area contributed by atoms with Crippen LogP contribution in [0.2, 0.25) is 10.0 Å². The summed E-state index contributed by atoms with van der Waals surface area (Å²) in [5.41, 5.74) is 4.69. The second-order valence-corrected chi connectivity index (χ2v) is 11.9. The van der Waals surface area contributed by atoms with Gasteiger partial charge in [-0.15, -0.1) is 0 Å². The Bertz CT molecular complexity index is 1810. The zero-order chi connectivity index (χ0) is 28.1. The van der Waals surface area contributed by atoms with Crippen molar-refractivity contribution in [3.8, 4) is 28.5 Å². The number of rotatable bonds is 4. The summed E-state index contributed by atoms with van der Waals surface area (Å²) in [6, 6.07) is 22.2. The molecule has 3 unspecified atom stereocenters. The van der Waals surface area contributed by atoms with Crippen molar-refractivity contribution in [2.75, 3.05) is 0 Å². The summed E-state index contributed by atoms with van der Waals surface area (Å²) >= 11 is 13.0. The first-order valence-corrected chi connectivity index (χ1v) is 14.5. The minimum Gasteiger partial charge on any atom is -0.459 e. The van der Waals surface area contributed by atoms with E-state index < -0.39 is 5.41 Å². The second-order valence-electron chi connectivity index (χ2n) is 11.1. The zero-order valence-corrected chi connectivity index (χ0v) is 24.2. The van der Waals surface area contributed by atoms with E-state index in [1.54, 1.807) is 6.07 Å². The largest absolute Gasteiger partial charge is 0.459 e. The Morgan fingerprint density at radius 2 is 1.59 bits per heavy atom. The molecule has 41 heavy (non-hydrogen) atoms. The first-order valence-electron chi connectivity index (χ1n) is 13.8. The average molecular weight is 577 g/mol. The van der Waals surface area contributed by atoms with Crippen molar-refractivity contribution in [1.29, 1.82) is 0 Å². The van der Waals surface area contributed by atoms with E-state index in [-0.39, 0.29) is 5.92 Å². The van der Waals surface area contributed by atoms with Crippen LogP contribution in [0, 0.1) is 5.92 Å². The molecule has 0 saturated carbocycles. The molecule has 0 amide bonds. The van der Waals surface area contributed by atoms with Crippen LogP contribution in [-0.4, -0.2) is 15.0 Å². The molecule has 0 bridgehead atoms. The lowest BCUT2D eigenvalue weighted by molar-refractivity contribution is 0.381. The zero-order valence-electron chi connectivity index (χ0n) is 22.7. The minimum atomic E-state index is -0.413. The quantitative estimate of drug-likeness (QED) is 0.243. The third kappa shape index (κ3) is 4.61. The molecule has 0 saturated heterocycles. The molecule has 1 aromatic heterocycles. The molecule has 4 nitrogen and oxygen atoms in total. The Labute approximate surface area is 249 Å². The molecule has 4 aromatic rings. The molecule has 0 fully saturated rings. The van der Waals surface area contributed by atoms with Gasteiger partial charge in [0, 0.05) is 27.1 Å². The molecule has 0 spiro atoms. The molecular weight excluding hydrogens is 549 g/mol. The lowest BCUT2D eigenvalue weighted by Gasteiger charge is -2.35. The van der Waals surface area contributed by atoms with Gasteiger partial charge in [-0.2, -0.15) is 0 Å². The Morgan fingerprint density at radius 1 is 0.829 bits per heavy atom. The maximum absolute atomic E-state index is 6.55. The van der Waals surface area contributed by atoms with E-state index in [4.69, 9.17) is 42.9 Å². The van der Waals surface area contributed by atoms with Gasteiger partial charge >= 0.3 is 0 Å². The van der Waals surface area contributed by atoms with E-state index in [0.717, 1.165) is 40.0 Å². The minimum absolute atomic E-state index is 0.0663. The molecule has 2 aliphatic carbocycles. The normalized spacial score (nSPS) is 22.4. The number of allylic oxidation sites excluding steroid dienone is 8. The van der Waals surface area contributed by atoms with Crippen molar-refractivity contribution in [3.63, 3.8) is 0 Å². The van der Waals surface area contributed by atoms with Gasteiger partial charge in [0.25, 0.3) is 0 Å². The van der Waals surface area contributed by atoms with Gasteiger partial charge in [-0.1, -0.05) is 116 Å². The Morgan fingerprint density at radius 3 is 2.39 bits per heavy atom. The molecule has 3 atom stereocenters. The highest BCUT2D eigenvalue weighted by Gasteiger charge is 2.46. The number of hydrogen-bond donors (Lipinski definition) is 0. The number of fused-ring (bicyclic) bond motifs is 3. The average Bonchev–Trinajstić information content (AvgIpc) is 3.38. The van der Waals surface area contributed by atoms with Crippen LogP contribution in [0.15, 0.2) is 109 Å². The number of aromatic nitrogens is 3. The van der Waals surface area contributed by atoms with Crippen LogP contribution in [0.1, 0.15) is 43.1 Å². The summed E-state index contributed by atoms with van der Waals surface area (Å²) in [7, 11) is 0. The number of halogens is 2. The van der Waals surface area contributed by atoms with E-state index in [1.807, 2.05) is 42.5 Å². The summed E-state index contributed by atoms with van der Waals surface area (Å²) in [5.74, 6) is 3.92. The highest BCUT2D eigenvalue weighted by atomic mass is 35.5. The predicted molar refractivity (Wildman–Crippen MR) is 166 cm³/mol. The summed E-state index contributed by atoms with van der Waals surface area (Å²) in [4.78, 5) is 14.9. The second kappa shape index (κ2) is 10.1. The molecule has 3 aromatic carbocycles. The monoisotopic (exact) mass is 575 g/mol.